The van der Waals surface area contributed by atoms with Gasteiger partial charge >= 0.3 is 0 Å². The fourth-order valence-corrected chi connectivity index (χ4v) is 2.81. The van der Waals surface area contributed by atoms with Crippen molar-refractivity contribution >= 4 is 11.5 Å². The van der Waals surface area contributed by atoms with E-state index in [4.69, 9.17) is 0 Å². The highest BCUT2D eigenvalue weighted by atomic mass is 32.1. The van der Waals surface area contributed by atoms with E-state index in [1.165, 1.54) is 27.5 Å². The first-order valence-corrected chi connectivity index (χ1v) is 6.96. The van der Waals surface area contributed by atoms with Gasteiger partial charge < -0.3 is 5.32 Å². The fraction of sp³-hybridized carbons (Fsp3) is 0.429. The molecule has 0 saturated heterocycles. The standard InChI is InChI=1S/C14H19N3S/c1-9(2)11-5-7-12(8-6-11)13(15-4)14-10(3)16-17-18-14/h5-9,13,15H,1-4H3. The third kappa shape index (κ3) is 2.60. The molecule has 0 radical (unpaired) electrons. The number of nitrogens with zero attached hydrogens (tertiary/aromatic N) is 2. The topological polar surface area (TPSA) is 37.8 Å². The molecule has 2 aromatic rings. The van der Waals surface area contributed by atoms with Crippen LogP contribution in [0.4, 0.5) is 0 Å². The van der Waals surface area contributed by atoms with Crippen molar-refractivity contribution in [3.63, 3.8) is 0 Å². The molecule has 1 heterocycles. The highest BCUT2D eigenvalue weighted by molar-refractivity contribution is 7.05. The fourth-order valence-electron chi connectivity index (χ4n) is 2.03. The molecule has 4 heteroatoms. The molecular weight excluding hydrogens is 242 g/mol. The van der Waals surface area contributed by atoms with Crippen LogP contribution in [0, 0.1) is 6.92 Å². The third-order valence-corrected chi connectivity index (χ3v) is 4.07. The molecule has 1 N–H and O–H groups in total. The summed E-state index contributed by atoms with van der Waals surface area (Å²) >= 11 is 1.46. The summed E-state index contributed by atoms with van der Waals surface area (Å²) in [7, 11) is 1.97. The van der Waals surface area contributed by atoms with Gasteiger partial charge in [0.25, 0.3) is 0 Å². The summed E-state index contributed by atoms with van der Waals surface area (Å²) < 4.78 is 4.01. The van der Waals surface area contributed by atoms with Crippen molar-refractivity contribution in [1.82, 2.24) is 14.9 Å². The molecule has 0 bridgehead atoms. The van der Waals surface area contributed by atoms with Gasteiger partial charge in [0.1, 0.15) is 0 Å². The Kier molecular flexibility index (Phi) is 4.09. The first-order chi connectivity index (χ1) is 8.63. The van der Waals surface area contributed by atoms with Gasteiger partial charge in [-0.25, -0.2) is 0 Å². The first-order valence-electron chi connectivity index (χ1n) is 6.19. The number of nitrogens with one attached hydrogen (secondary N) is 1. The highest BCUT2D eigenvalue weighted by Gasteiger charge is 2.17. The number of benzene rings is 1. The SMILES string of the molecule is CNC(c1ccc(C(C)C)cc1)c1snnc1C. The zero-order valence-electron chi connectivity index (χ0n) is 11.3. The number of rotatable bonds is 4. The zero-order chi connectivity index (χ0) is 13.1. The Bertz CT molecular complexity index is 502. The van der Waals surface area contributed by atoms with E-state index in [1.54, 1.807) is 0 Å². The van der Waals surface area contributed by atoms with Crippen molar-refractivity contribution in [2.24, 2.45) is 0 Å². The van der Waals surface area contributed by atoms with Gasteiger partial charge in [-0.15, -0.1) is 5.10 Å². The molecule has 1 aromatic heterocycles. The molecule has 0 aliphatic carbocycles. The van der Waals surface area contributed by atoms with Gasteiger partial charge in [0.2, 0.25) is 0 Å². The van der Waals surface area contributed by atoms with E-state index >= 15 is 0 Å². The molecule has 0 fully saturated rings. The molecule has 1 atom stereocenters. The Morgan fingerprint density at radius 3 is 2.17 bits per heavy atom. The molecule has 2 rings (SSSR count). The second kappa shape index (κ2) is 5.59. The van der Waals surface area contributed by atoms with Crippen LogP contribution in [0.2, 0.25) is 0 Å². The maximum absolute atomic E-state index is 4.09. The van der Waals surface area contributed by atoms with Crippen LogP contribution in [0.3, 0.4) is 0 Å². The second-order valence-electron chi connectivity index (χ2n) is 4.77. The monoisotopic (exact) mass is 261 g/mol. The van der Waals surface area contributed by atoms with Crippen LogP contribution in [0.5, 0.6) is 0 Å². The summed E-state index contributed by atoms with van der Waals surface area (Å²) in [5.74, 6) is 0.568. The van der Waals surface area contributed by atoms with Gasteiger partial charge in [-0.1, -0.05) is 42.6 Å². The van der Waals surface area contributed by atoms with E-state index in [0.717, 1.165) is 5.69 Å². The van der Waals surface area contributed by atoms with Crippen LogP contribution in [-0.4, -0.2) is 16.6 Å². The minimum Gasteiger partial charge on any atom is -0.309 e. The Hall–Kier alpha value is -1.26. The highest BCUT2D eigenvalue weighted by Crippen LogP contribution is 2.27. The minimum atomic E-state index is 0.186. The molecule has 0 amide bonds. The van der Waals surface area contributed by atoms with Gasteiger partial charge in [-0.2, -0.15) is 0 Å². The quantitative estimate of drug-likeness (QED) is 0.918. The smallest absolute Gasteiger partial charge is 0.0776 e. The molecule has 1 unspecified atom stereocenters. The first kappa shape index (κ1) is 13.2. The lowest BCUT2D eigenvalue weighted by molar-refractivity contribution is 0.696. The van der Waals surface area contributed by atoms with Crippen molar-refractivity contribution in [1.29, 1.82) is 0 Å². The van der Waals surface area contributed by atoms with Gasteiger partial charge in [0.15, 0.2) is 0 Å². The summed E-state index contributed by atoms with van der Waals surface area (Å²) in [5.41, 5.74) is 3.64. The van der Waals surface area contributed by atoms with E-state index in [0.29, 0.717) is 5.92 Å². The predicted octanol–water partition coefficient (Wildman–Crippen LogP) is 3.28. The van der Waals surface area contributed by atoms with Gasteiger partial charge in [0, 0.05) is 0 Å². The van der Waals surface area contributed by atoms with Crippen LogP contribution in [0.25, 0.3) is 0 Å². The molecule has 0 aliphatic rings. The summed E-state index contributed by atoms with van der Waals surface area (Å²) in [6.45, 7) is 6.43. The Morgan fingerprint density at radius 2 is 1.72 bits per heavy atom. The van der Waals surface area contributed by atoms with Crippen molar-refractivity contribution in [3.05, 3.63) is 46.0 Å². The van der Waals surface area contributed by atoms with Crippen LogP contribution in [0.15, 0.2) is 24.3 Å². The Labute approximate surface area is 112 Å². The van der Waals surface area contributed by atoms with Crippen LogP contribution in [-0.2, 0) is 0 Å². The molecule has 0 aliphatic heterocycles. The average Bonchev–Trinajstić information content (AvgIpc) is 2.78. The largest absolute Gasteiger partial charge is 0.309 e. The number of aryl methyl sites for hydroxylation is 1. The lowest BCUT2D eigenvalue weighted by atomic mass is 9.98. The van der Waals surface area contributed by atoms with Crippen molar-refractivity contribution in [2.75, 3.05) is 7.05 Å². The van der Waals surface area contributed by atoms with E-state index in [9.17, 15) is 0 Å². The van der Waals surface area contributed by atoms with E-state index < -0.39 is 0 Å². The molecule has 18 heavy (non-hydrogen) atoms. The van der Waals surface area contributed by atoms with Crippen LogP contribution >= 0.6 is 11.5 Å². The van der Waals surface area contributed by atoms with E-state index in [1.807, 2.05) is 14.0 Å². The Morgan fingerprint density at radius 1 is 1.11 bits per heavy atom. The maximum atomic E-state index is 4.09. The predicted molar refractivity (Wildman–Crippen MR) is 76.1 cm³/mol. The van der Waals surface area contributed by atoms with Crippen molar-refractivity contribution < 1.29 is 0 Å². The lowest BCUT2D eigenvalue weighted by Crippen LogP contribution is -2.17. The number of aromatic nitrogens is 2. The normalized spacial score (nSPS) is 12.9. The Balaban J connectivity index is 2.31. The molecule has 96 valence electrons. The van der Waals surface area contributed by atoms with Gasteiger partial charge in [-0.3, -0.25) is 0 Å². The van der Waals surface area contributed by atoms with E-state index in [-0.39, 0.29) is 6.04 Å². The van der Waals surface area contributed by atoms with Gasteiger partial charge in [-0.05, 0) is 42.5 Å². The lowest BCUT2D eigenvalue weighted by Gasteiger charge is -2.16. The number of hydrogen-bond acceptors (Lipinski definition) is 4. The molecule has 3 nitrogen and oxygen atoms in total. The van der Waals surface area contributed by atoms with Crippen LogP contribution in [0.1, 0.15) is 47.5 Å². The molecule has 0 spiro atoms. The molecule has 0 saturated carbocycles. The summed E-state index contributed by atoms with van der Waals surface area (Å²) in [5, 5.41) is 7.43. The maximum Gasteiger partial charge on any atom is 0.0776 e. The minimum absolute atomic E-state index is 0.186. The van der Waals surface area contributed by atoms with Crippen LogP contribution < -0.4 is 5.32 Å². The van der Waals surface area contributed by atoms with Crippen molar-refractivity contribution in [3.8, 4) is 0 Å². The summed E-state index contributed by atoms with van der Waals surface area (Å²) in [6.07, 6.45) is 0. The second-order valence-corrected chi connectivity index (χ2v) is 5.55. The number of hydrogen-bond donors (Lipinski definition) is 1. The average molecular weight is 261 g/mol. The zero-order valence-corrected chi connectivity index (χ0v) is 12.1. The van der Waals surface area contributed by atoms with Crippen molar-refractivity contribution in [2.45, 2.75) is 32.7 Å². The summed E-state index contributed by atoms with van der Waals surface area (Å²) in [4.78, 5) is 1.19. The molecule has 1 aromatic carbocycles. The molecular formula is C14H19N3S. The third-order valence-electron chi connectivity index (χ3n) is 3.17. The van der Waals surface area contributed by atoms with Gasteiger partial charge in [0.05, 0.1) is 16.6 Å². The summed E-state index contributed by atoms with van der Waals surface area (Å²) in [6, 6.07) is 8.97. The van der Waals surface area contributed by atoms with E-state index in [2.05, 4.69) is 53.0 Å².